The van der Waals surface area contributed by atoms with Crippen LogP contribution in [0.5, 0.6) is 0 Å². The maximum absolute atomic E-state index is 12.2. The van der Waals surface area contributed by atoms with Gasteiger partial charge >= 0.3 is 5.97 Å². The van der Waals surface area contributed by atoms with Gasteiger partial charge in [0.05, 0.1) is 12.7 Å². The number of carbonyl (C=O) groups excluding carboxylic acids is 2. The molecule has 0 heterocycles. The summed E-state index contributed by atoms with van der Waals surface area (Å²) in [6, 6.07) is 13.8. The number of nitrogens with two attached hydrogens (primary N) is 1. The second-order valence-corrected chi connectivity index (χ2v) is 5.31. The van der Waals surface area contributed by atoms with E-state index in [2.05, 4.69) is 10.6 Å². The summed E-state index contributed by atoms with van der Waals surface area (Å²) >= 11 is 0. The van der Waals surface area contributed by atoms with Gasteiger partial charge in [0, 0.05) is 11.4 Å². The molecule has 28 heavy (non-hydrogen) atoms. The van der Waals surface area contributed by atoms with Crippen molar-refractivity contribution in [1.29, 1.82) is 0 Å². The number of anilines is 2. The number of nitrogen functional groups attached to an aromatic ring is 1. The fourth-order valence-electron chi connectivity index (χ4n) is 2.31. The van der Waals surface area contributed by atoms with E-state index in [0.717, 1.165) is 5.56 Å². The number of rotatable bonds is 6. The fourth-order valence-corrected chi connectivity index (χ4v) is 2.31. The summed E-state index contributed by atoms with van der Waals surface area (Å²) in [5, 5.41) is 5.72. The number of para-hydroxylation sites is 1. The summed E-state index contributed by atoms with van der Waals surface area (Å²) in [5.41, 5.74) is 8.28. The van der Waals surface area contributed by atoms with Gasteiger partial charge < -0.3 is 21.1 Å². The molecule has 2 aromatic carbocycles. The number of carbonyl (C=O) groups is 2. The van der Waals surface area contributed by atoms with Gasteiger partial charge in [-0.05, 0) is 43.3 Å². The van der Waals surface area contributed by atoms with E-state index in [9.17, 15) is 9.59 Å². The SMILES string of the molecule is CC.CC.CNC(Cc1ccc(NC(=O)c2ccccc2N)cc1)C(=O)OC. The van der Waals surface area contributed by atoms with Crippen LogP contribution in [0.25, 0.3) is 0 Å². The van der Waals surface area contributed by atoms with Gasteiger partial charge in [-0.25, -0.2) is 0 Å². The predicted octanol–water partition coefficient (Wildman–Crippen LogP) is 3.88. The molecule has 0 aliphatic carbocycles. The van der Waals surface area contributed by atoms with Crippen molar-refractivity contribution in [2.75, 3.05) is 25.2 Å². The van der Waals surface area contributed by atoms with Gasteiger partial charge in [-0.15, -0.1) is 0 Å². The van der Waals surface area contributed by atoms with E-state index >= 15 is 0 Å². The topological polar surface area (TPSA) is 93.5 Å². The first kappa shape index (κ1) is 25.1. The monoisotopic (exact) mass is 387 g/mol. The van der Waals surface area contributed by atoms with Crippen LogP contribution in [-0.2, 0) is 16.0 Å². The molecule has 0 bridgehead atoms. The van der Waals surface area contributed by atoms with Crippen LogP contribution in [0.1, 0.15) is 43.6 Å². The zero-order valence-electron chi connectivity index (χ0n) is 17.7. The van der Waals surface area contributed by atoms with Crippen molar-refractivity contribution in [3.63, 3.8) is 0 Å². The molecule has 1 atom stereocenters. The van der Waals surface area contributed by atoms with Crippen LogP contribution in [0.4, 0.5) is 11.4 Å². The van der Waals surface area contributed by atoms with Gasteiger partial charge in [-0.2, -0.15) is 0 Å². The number of amides is 1. The largest absolute Gasteiger partial charge is 0.468 e. The summed E-state index contributed by atoms with van der Waals surface area (Å²) in [4.78, 5) is 23.8. The number of methoxy groups -OCH3 is 1. The molecule has 6 heteroatoms. The number of nitrogens with one attached hydrogen (secondary N) is 2. The summed E-state index contributed by atoms with van der Waals surface area (Å²) in [5.74, 6) is -0.571. The molecule has 2 aromatic rings. The van der Waals surface area contributed by atoms with Crippen LogP contribution >= 0.6 is 0 Å². The number of hydrogen-bond acceptors (Lipinski definition) is 5. The summed E-state index contributed by atoms with van der Waals surface area (Å²) in [6.07, 6.45) is 0.503. The van der Waals surface area contributed by atoms with Crippen molar-refractivity contribution in [3.05, 3.63) is 59.7 Å². The Bertz CT molecular complexity index is 715. The Morgan fingerprint density at radius 3 is 2.07 bits per heavy atom. The molecule has 1 amide bonds. The smallest absolute Gasteiger partial charge is 0.323 e. The number of likely N-dealkylation sites (N-methyl/N-ethyl adjacent to an activating group) is 1. The molecule has 1 unspecified atom stereocenters. The third kappa shape index (κ3) is 7.80. The Hall–Kier alpha value is -2.86. The molecule has 2 rings (SSSR count). The molecule has 0 saturated carbocycles. The maximum Gasteiger partial charge on any atom is 0.323 e. The lowest BCUT2D eigenvalue weighted by Crippen LogP contribution is -2.36. The predicted molar refractivity (Wildman–Crippen MR) is 117 cm³/mol. The molecule has 0 fully saturated rings. The van der Waals surface area contributed by atoms with E-state index < -0.39 is 6.04 Å². The van der Waals surface area contributed by atoms with Crippen molar-refractivity contribution in [3.8, 4) is 0 Å². The van der Waals surface area contributed by atoms with E-state index in [4.69, 9.17) is 10.5 Å². The Morgan fingerprint density at radius 1 is 1.00 bits per heavy atom. The first-order chi connectivity index (χ1) is 13.5. The molecule has 0 radical (unpaired) electrons. The van der Waals surface area contributed by atoms with E-state index in [-0.39, 0.29) is 11.9 Å². The van der Waals surface area contributed by atoms with Gasteiger partial charge in [0.15, 0.2) is 0 Å². The van der Waals surface area contributed by atoms with E-state index in [1.807, 2.05) is 39.8 Å². The van der Waals surface area contributed by atoms with E-state index in [0.29, 0.717) is 23.4 Å². The van der Waals surface area contributed by atoms with Crippen LogP contribution in [0.2, 0.25) is 0 Å². The van der Waals surface area contributed by atoms with Gasteiger partial charge in [-0.3, -0.25) is 9.59 Å². The lowest BCUT2D eigenvalue weighted by atomic mass is 10.1. The van der Waals surface area contributed by atoms with E-state index in [1.54, 1.807) is 43.4 Å². The minimum atomic E-state index is -0.403. The minimum absolute atomic E-state index is 0.261. The number of esters is 1. The molecule has 6 nitrogen and oxygen atoms in total. The molecule has 154 valence electrons. The van der Waals surface area contributed by atoms with Crippen LogP contribution in [0.15, 0.2) is 48.5 Å². The molecular formula is C22H33N3O3. The summed E-state index contributed by atoms with van der Waals surface area (Å²) in [6.45, 7) is 8.00. The van der Waals surface area contributed by atoms with Crippen LogP contribution < -0.4 is 16.4 Å². The maximum atomic E-state index is 12.2. The highest BCUT2D eigenvalue weighted by Gasteiger charge is 2.17. The molecular weight excluding hydrogens is 354 g/mol. The molecule has 0 aliphatic rings. The zero-order chi connectivity index (χ0) is 21.5. The van der Waals surface area contributed by atoms with Crippen LogP contribution in [-0.4, -0.2) is 32.1 Å². The van der Waals surface area contributed by atoms with Crippen molar-refractivity contribution in [2.24, 2.45) is 0 Å². The zero-order valence-corrected chi connectivity index (χ0v) is 17.7. The standard InChI is InChI=1S/C18H21N3O3.2C2H6/c1-20-16(18(23)24-2)11-12-7-9-13(10-8-12)21-17(22)14-5-3-4-6-15(14)19;2*1-2/h3-10,16,20H,11,19H2,1-2H3,(H,21,22);2*1-2H3. The Balaban J connectivity index is 0.00000171. The first-order valence-electron chi connectivity index (χ1n) is 9.55. The summed E-state index contributed by atoms with van der Waals surface area (Å²) < 4.78 is 4.74. The van der Waals surface area contributed by atoms with Gasteiger partial charge in [0.25, 0.3) is 5.91 Å². The average molecular weight is 388 g/mol. The highest BCUT2D eigenvalue weighted by atomic mass is 16.5. The number of hydrogen-bond donors (Lipinski definition) is 3. The summed E-state index contributed by atoms with van der Waals surface area (Å²) in [7, 11) is 3.07. The third-order valence-electron chi connectivity index (χ3n) is 3.69. The lowest BCUT2D eigenvalue weighted by Gasteiger charge is -2.14. The van der Waals surface area contributed by atoms with E-state index in [1.165, 1.54) is 7.11 Å². The average Bonchev–Trinajstić information content (AvgIpc) is 2.75. The molecule has 0 aromatic heterocycles. The Kier molecular flexibility index (Phi) is 12.8. The second kappa shape index (κ2) is 14.2. The van der Waals surface area contributed by atoms with Crippen LogP contribution in [0.3, 0.4) is 0 Å². The minimum Gasteiger partial charge on any atom is -0.468 e. The molecule has 0 spiro atoms. The lowest BCUT2D eigenvalue weighted by molar-refractivity contribution is -0.142. The van der Waals surface area contributed by atoms with Crippen molar-refractivity contribution in [2.45, 2.75) is 40.2 Å². The van der Waals surface area contributed by atoms with Gasteiger partial charge in [-0.1, -0.05) is 52.0 Å². The Morgan fingerprint density at radius 2 is 1.57 bits per heavy atom. The van der Waals surface area contributed by atoms with Crippen molar-refractivity contribution < 1.29 is 14.3 Å². The Labute approximate surface area is 168 Å². The fraction of sp³-hybridized carbons (Fsp3) is 0.364. The molecule has 0 aliphatic heterocycles. The first-order valence-corrected chi connectivity index (χ1v) is 9.55. The quantitative estimate of drug-likeness (QED) is 0.517. The number of ether oxygens (including phenoxy) is 1. The van der Waals surface area contributed by atoms with Gasteiger partial charge in [0.1, 0.15) is 6.04 Å². The highest BCUT2D eigenvalue weighted by molar-refractivity contribution is 6.07. The van der Waals surface area contributed by atoms with Crippen molar-refractivity contribution >= 4 is 23.3 Å². The van der Waals surface area contributed by atoms with Crippen molar-refractivity contribution in [1.82, 2.24) is 5.32 Å². The highest BCUT2D eigenvalue weighted by Crippen LogP contribution is 2.16. The molecule has 0 saturated heterocycles. The van der Waals surface area contributed by atoms with Gasteiger partial charge in [0.2, 0.25) is 0 Å². The number of benzene rings is 2. The molecule has 4 N–H and O–H groups in total. The second-order valence-electron chi connectivity index (χ2n) is 5.31. The third-order valence-corrected chi connectivity index (χ3v) is 3.69. The normalized spacial score (nSPS) is 10.4. The van der Waals surface area contributed by atoms with Crippen LogP contribution in [0, 0.1) is 0 Å².